The molecule has 1 aromatic carbocycles. The average molecular weight is 293 g/mol. The number of rotatable bonds is 3. The Morgan fingerprint density at radius 3 is 3.05 bits per heavy atom. The summed E-state index contributed by atoms with van der Waals surface area (Å²) in [6, 6.07) is 9.90. The largest absolute Gasteiger partial charge is 0.355 e. The van der Waals surface area contributed by atoms with E-state index in [1.807, 2.05) is 31.3 Å². The third-order valence-corrected chi connectivity index (χ3v) is 4.01. The number of hydrogen-bond acceptors (Lipinski definition) is 5. The molecule has 0 spiro atoms. The highest BCUT2D eigenvalue weighted by molar-refractivity contribution is 5.49. The molecule has 0 bridgehead atoms. The second-order valence-corrected chi connectivity index (χ2v) is 5.78. The van der Waals surface area contributed by atoms with Crippen molar-refractivity contribution in [3.8, 4) is 6.07 Å². The molecular weight excluding hydrogens is 274 g/mol. The average Bonchev–Trinajstić information content (AvgIpc) is 2.54. The highest BCUT2D eigenvalue weighted by atomic mass is 15.2. The zero-order chi connectivity index (χ0) is 15.5. The van der Waals surface area contributed by atoms with Crippen LogP contribution in [0.3, 0.4) is 0 Å². The number of benzene rings is 1. The summed E-state index contributed by atoms with van der Waals surface area (Å²) in [6.45, 7) is 2.65. The Kier molecular flexibility index (Phi) is 4.03. The van der Waals surface area contributed by atoms with Crippen molar-refractivity contribution in [1.82, 2.24) is 14.9 Å². The van der Waals surface area contributed by atoms with Crippen LogP contribution in [-0.2, 0) is 19.5 Å². The van der Waals surface area contributed by atoms with Gasteiger partial charge in [0.25, 0.3) is 0 Å². The summed E-state index contributed by atoms with van der Waals surface area (Å²) in [6.07, 6.45) is 2.63. The van der Waals surface area contributed by atoms with Crippen molar-refractivity contribution in [3.05, 3.63) is 53.0 Å². The summed E-state index contributed by atoms with van der Waals surface area (Å²) in [4.78, 5) is 13.3. The van der Waals surface area contributed by atoms with Gasteiger partial charge in [-0.05, 0) is 24.7 Å². The second kappa shape index (κ2) is 6.12. The number of aromatic nitrogens is 2. The van der Waals surface area contributed by atoms with Gasteiger partial charge in [-0.15, -0.1) is 0 Å². The zero-order valence-electron chi connectivity index (χ0n) is 13.0. The Balaban J connectivity index is 1.86. The van der Waals surface area contributed by atoms with Crippen molar-refractivity contribution in [2.24, 2.45) is 0 Å². The molecule has 2 heterocycles. The van der Waals surface area contributed by atoms with E-state index in [1.165, 1.54) is 5.56 Å². The minimum atomic E-state index is 0.690. The number of fused-ring (bicyclic) bond motifs is 1. The number of anilines is 1. The first-order valence-electron chi connectivity index (χ1n) is 7.39. The topological polar surface area (TPSA) is 56.1 Å². The summed E-state index contributed by atoms with van der Waals surface area (Å²) in [7, 11) is 4.16. The molecule has 0 unspecified atom stereocenters. The summed E-state index contributed by atoms with van der Waals surface area (Å²) >= 11 is 0. The van der Waals surface area contributed by atoms with Crippen LogP contribution in [0.1, 0.15) is 22.4 Å². The molecule has 0 fully saturated rings. The molecule has 1 aliphatic rings. The van der Waals surface area contributed by atoms with Crippen molar-refractivity contribution >= 4 is 5.82 Å². The van der Waals surface area contributed by atoms with E-state index in [-0.39, 0.29) is 0 Å². The smallest absolute Gasteiger partial charge is 0.136 e. The Hall–Kier alpha value is -2.45. The van der Waals surface area contributed by atoms with Crippen LogP contribution >= 0.6 is 0 Å². The van der Waals surface area contributed by atoms with Gasteiger partial charge < -0.3 is 9.80 Å². The molecule has 2 aromatic rings. The summed E-state index contributed by atoms with van der Waals surface area (Å²) in [5.41, 5.74) is 4.17. The van der Waals surface area contributed by atoms with Crippen LogP contribution < -0.4 is 4.90 Å². The van der Waals surface area contributed by atoms with Crippen molar-refractivity contribution in [3.63, 3.8) is 0 Å². The Bertz CT molecular complexity index is 719. The molecule has 1 aromatic heterocycles. The molecule has 112 valence electrons. The quantitative estimate of drug-likeness (QED) is 0.866. The van der Waals surface area contributed by atoms with Crippen molar-refractivity contribution in [2.75, 3.05) is 25.5 Å². The van der Waals surface area contributed by atoms with Crippen LogP contribution in [0.5, 0.6) is 0 Å². The maximum Gasteiger partial charge on any atom is 0.136 e. The molecule has 0 N–H and O–H groups in total. The molecule has 5 heteroatoms. The van der Waals surface area contributed by atoms with E-state index in [9.17, 15) is 0 Å². The second-order valence-electron chi connectivity index (χ2n) is 5.78. The number of likely N-dealkylation sites (N-methyl/N-ethyl adjacent to an activating group) is 1. The molecule has 0 radical (unpaired) electrons. The van der Waals surface area contributed by atoms with Gasteiger partial charge in [-0.25, -0.2) is 9.97 Å². The third-order valence-electron chi connectivity index (χ3n) is 4.01. The molecule has 0 atom stereocenters. The molecule has 3 rings (SSSR count). The lowest BCUT2D eigenvalue weighted by Crippen LogP contribution is -2.30. The molecule has 5 nitrogen and oxygen atoms in total. The van der Waals surface area contributed by atoms with Crippen LogP contribution in [0.4, 0.5) is 5.82 Å². The summed E-state index contributed by atoms with van der Waals surface area (Å²) < 4.78 is 0. The SMILES string of the molecule is CN1CCc2ncnc(N(C)Cc3cccc(C#N)c3)c2C1. The fourth-order valence-corrected chi connectivity index (χ4v) is 2.88. The van der Waals surface area contributed by atoms with Gasteiger partial charge in [0.15, 0.2) is 0 Å². The molecule has 22 heavy (non-hydrogen) atoms. The van der Waals surface area contributed by atoms with E-state index in [0.29, 0.717) is 5.56 Å². The fraction of sp³-hybridized carbons (Fsp3) is 0.353. The summed E-state index contributed by atoms with van der Waals surface area (Å²) in [5.74, 6) is 0.985. The van der Waals surface area contributed by atoms with Crippen molar-refractivity contribution in [1.29, 1.82) is 5.26 Å². The Labute approximate surface area is 130 Å². The van der Waals surface area contributed by atoms with E-state index in [4.69, 9.17) is 5.26 Å². The van der Waals surface area contributed by atoms with Gasteiger partial charge >= 0.3 is 0 Å². The minimum Gasteiger partial charge on any atom is -0.355 e. The van der Waals surface area contributed by atoms with Gasteiger partial charge in [-0.1, -0.05) is 12.1 Å². The zero-order valence-corrected chi connectivity index (χ0v) is 13.0. The van der Waals surface area contributed by atoms with Crippen LogP contribution in [0.2, 0.25) is 0 Å². The monoisotopic (exact) mass is 293 g/mol. The third kappa shape index (κ3) is 2.92. The molecular formula is C17H19N5. The maximum absolute atomic E-state index is 9.01. The number of hydrogen-bond donors (Lipinski definition) is 0. The van der Waals surface area contributed by atoms with Crippen LogP contribution in [0.15, 0.2) is 30.6 Å². The predicted octanol–water partition coefficient (Wildman–Crippen LogP) is 1.97. The highest BCUT2D eigenvalue weighted by Crippen LogP contribution is 2.25. The first kappa shape index (κ1) is 14.5. The molecule has 0 saturated carbocycles. The van der Waals surface area contributed by atoms with Gasteiger partial charge in [-0.3, -0.25) is 0 Å². The van der Waals surface area contributed by atoms with Gasteiger partial charge in [0.1, 0.15) is 12.1 Å². The normalized spacial score (nSPS) is 14.2. The molecule has 0 aliphatic carbocycles. The standard InChI is InChI=1S/C17H19N5/c1-21-7-6-16-15(11-21)17(20-12-19-16)22(2)10-14-5-3-4-13(8-14)9-18/h3-5,8,12H,6-7,10-11H2,1-2H3. The van der Waals surface area contributed by atoms with Crippen LogP contribution in [0.25, 0.3) is 0 Å². The Morgan fingerprint density at radius 1 is 1.36 bits per heavy atom. The van der Waals surface area contributed by atoms with Crippen molar-refractivity contribution in [2.45, 2.75) is 19.5 Å². The maximum atomic E-state index is 9.01. The first-order chi connectivity index (χ1) is 10.7. The lowest BCUT2D eigenvalue weighted by molar-refractivity contribution is 0.309. The molecule has 0 amide bonds. The van der Waals surface area contributed by atoms with Gasteiger partial charge in [0.05, 0.1) is 17.3 Å². The van der Waals surface area contributed by atoms with Crippen LogP contribution in [0, 0.1) is 11.3 Å². The summed E-state index contributed by atoms with van der Waals surface area (Å²) in [5, 5.41) is 9.01. The van der Waals surface area contributed by atoms with E-state index >= 15 is 0 Å². The van der Waals surface area contributed by atoms with Crippen LogP contribution in [-0.4, -0.2) is 35.5 Å². The van der Waals surface area contributed by atoms with E-state index in [1.54, 1.807) is 6.33 Å². The van der Waals surface area contributed by atoms with Crippen molar-refractivity contribution < 1.29 is 0 Å². The number of nitriles is 1. The first-order valence-corrected chi connectivity index (χ1v) is 7.39. The lowest BCUT2D eigenvalue weighted by Gasteiger charge is -2.28. The predicted molar refractivity (Wildman–Crippen MR) is 85.3 cm³/mol. The lowest BCUT2D eigenvalue weighted by atomic mass is 10.1. The Morgan fingerprint density at radius 2 is 2.23 bits per heavy atom. The molecule has 1 aliphatic heterocycles. The minimum absolute atomic E-state index is 0.690. The van der Waals surface area contributed by atoms with Gasteiger partial charge in [0.2, 0.25) is 0 Å². The van der Waals surface area contributed by atoms with Gasteiger partial charge in [0, 0.05) is 38.7 Å². The van der Waals surface area contributed by atoms with E-state index in [0.717, 1.165) is 43.1 Å². The molecule has 0 saturated heterocycles. The van der Waals surface area contributed by atoms with Gasteiger partial charge in [-0.2, -0.15) is 5.26 Å². The fourth-order valence-electron chi connectivity index (χ4n) is 2.88. The highest BCUT2D eigenvalue weighted by Gasteiger charge is 2.20. The van der Waals surface area contributed by atoms with E-state index < -0.39 is 0 Å². The van der Waals surface area contributed by atoms with E-state index in [2.05, 4.69) is 32.9 Å². The number of nitrogens with zero attached hydrogens (tertiary/aromatic N) is 5.